The van der Waals surface area contributed by atoms with Crippen LogP contribution in [0, 0.1) is 11.7 Å². The second-order valence-electron chi connectivity index (χ2n) is 7.67. The summed E-state index contributed by atoms with van der Waals surface area (Å²) in [5.41, 5.74) is 1.62. The normalized spacial score (nSPS) is 15.1. The molecule has 2 aromatic carbocycles. The highest BCUT2D eigenvalue weighted by Gasteiger charge is 2.27. The number of carbonyl (C=O) groups is 1. The minimum Gasteiger partial charge on any atom is -0.493 e. The van der Waals surface area contributed by atoms with Gasteiger partial charge in [-0.1, -0.05) is 23.7 Å². The van der Waals surface area contributed by atoms with Crippen molar-refractivity contribution < 1.29 is 18.7 Å². The molecule has 5 nitrogen and oxygen atoms in total. The average molecular weight is 435 g/mol. The molecule has 1 aliphatic rings. The second kappa shape index (κ2) is 10.1. The molecule has 162 valence electrons. The number of methoxy groups -OCH3 is 2. The first kappa shape index (κ1) is 22.4. The van der Waals surface area contributed by atoms with Gasteiger partial charge in [0.05, 0.1) is 14.2 Å². The van der Waals surface area contributed by atoms with Crippen LogP contribution in [0.2, 0.25) is 5.02 Å². The molecule has 1 aliphatic heterocycles. The lowest BCUT2D eigenvalue weighted by Gasteiger charge is -2.33. The molecule has 7 heteroatoms. The van der Waals surface area contributed by atoms with Gasteiger partial charge in [0.15, 0.2) is 11.5 Å². The Morgan fingerprint density at radius 3 is 2.47 bits per heavy atom. The lowest BCUT2D eigenvalue weighted by Crippen LogP contribution is -2.40. The van der Waals surface area contributed by atoms with E-state index in [1.54, 1.807) is 31.3 Å². The molecule has 3 rings (SSSR count). The van der Waals surface area contributed by atoms with Gasteiger partial charge in [0.25, 0.3) is 0 Å². The maximum Gasteiger partial charge on any atom is 0.225 e. The quantitative estimate of drug-likeness (QED) is 0.649. The molecule has 30 heavy (non-hydrogen) atoms. The first-order valence-corrected chi connectivity index (χ1v) is 10.4. The zero-order valence-corrected chi connectivity index (χ0v) is 18.4. The van der Waals surface area contributed by atoms with Crippen LogP contribution in [0.5, 0.6) is 11.5 Å². The maximum absolute atomic E-state index is 14.0. The highest BCUT2D eigenvalue weighted by Crippen LogP contribution is 2.28. The average Bonchev–Trinajstić information content (AvgIpc) is 2.75. The third-order valence-electron chi connectivity index (χ3n) is 5.59. The van der Waals surface area contributed by atoms with Crippen LogP contribution < -0.4 is 9.47 Å². The van der Waals surface area contributed by atoms with Crippen LogP contribution in [-0.4, -0.2) is 50.1 Å². The Morgan fingerprint density at radius 2 is 1.83 bits per heavy atom. The highest BCUT2D eigenvalue weighted by molar-refractivity contribution is 6.30. The van der Waals surface area contributed by atoms with Crippen molar-refractivity contribution in [2.45, 2.75) is 25.9 Å². The van der Waals surface area contributed by atoms with Gasteiger partial charge in [0.2, 0.25) is 5.91 Å². The molecule has 0 unspecified atom stereocenters. The van der Waals surface area contributed by atoms with Crippen molar-refractivity contribution in [2.75, 3.05) is 34.4 Å². The number of likely N-dealkylation sites (tertiary alicyclic amines) is 1. The summed E-state index contributed by atoms with van der Waals surface area (Å²) >= 11 is 5.82. The highest BCUT2D eigenvalue weighted by atomic mass is 35.5. The summed E-state index contributed by atoms with van der Waals surface area (Å²) in [5.74, 6) is 1.16. The van der Waals surface area contributed by atoms with Crippen LogP contribution in [0.3, 0.4) is 0 Å². The second-order valence-corrected chi connectivity index (χ2v) is 8.11. The number of amides is 1. The van der Waals surface area contributed by atoms with Gasteiger partial charge in [-0.25, -0.2) is 4.39 Å². The van der Waals surface area contributed by atoms with E-state index in [0.29, 0.717) is 35.2 Å². The fourth-order valence-corrected chi connectivity index (χ4v) is 4.03. The van der Waals surface area contributed by atoms with Crippen molar-refractivity contribution >= 4 is 17.5 Å². The van der Waals surface area contributed by atoms with Crippen LogP contribution in [0.15, 0.2) is 36.4 Å². The van der Waals surface area contributed by atoms with Gasteiger partial charge in [-0.3, -0.25) is 9.69 Å². The Kier molecular flexibility index (Phi) is 7.56. The standard InChI is InChI=1S/C23H28ClFN2O3/c1-26(14-16-4-7-21(29-2)22(12-16)30-3)23(28)17-8-10-27(11-9-17)15-18-5-6-19(24)13-20(18)25/h4-7,12-13,17H,8-11,14-15H2,1-3H3. The summed E-state index contributed by atoms with van der Waals surface area (Å²) < 4.78 is 24.6. The van der Waals surface area contributed by atoms with Crippen molar-refractivity contribution in [3.63, 3.8) is 0 Å². The predicted molar refractivity (Wildman–Crippen MR) is 115 cm³/mol. The van der Waals surface area contributed by atoms with Crippen molar-refractivity contribution in [1.82, 2.24) is 9.80 Å². The summed E-state index contributed by atoms with van der Waals surface area (Å²) in [5, 5.41) is 0.401. The van der Waals surface area contributed by atoms with Gasteiger partial charge in [0, 0.05) is 36.6 Å². The van der Waals surface area contributed by atoms with Crippen LogP contribution in [0.25, 0.3) is 0 Å². The molecule has 0 saturated carbocycles. The summed E-state index contributed by atoms with van der Waals surface area (Å²) in [7, 11) is 5.02. The predicted octanol–water partition coefficient (Wildman–Crippen LogP) is 4.37. The van der Waals surface area contributed by atoms with Gasteiger partial charge in [-0.2, -0.15) is 0 Å². The summed E-state index contributed by atoms with van der Waals surface area (Å²) in [6.45, 7) is 2.58. The monoisotopic (exact) mass is 434 g/mol. The smallest absolute Gasteiger partial charge is 0.225 e. The fraction of sp³-hybridized carbons (Fsp3) is 0.435. The Morgan fingerprint density at radius 1 is 1.13 bits per heavy atom. The number of carbonyl (C=O) groups excluding carboxylic acids is 1. The van der Waals surface area contributed by atoms with Gasteiger partial charge < -0.3 is 14.4 Å². The summed E-state index contributed by atoms with van der Waals surface area (Å²) in [4.78, 5) is 16.9. The fourth-order valence-electron chi connectivity index (χ4n) is 3.87. The molecular weight excluding hydrogens is 407 g/mol. The third kappa shape index (κ3) is 5.43. The van der Waals surface area contributed by atoms with E-state index < -0.39 is 0 Å². The molecular formula is C23H28ClFN2O3. The molecule has 0 bridgehead atoms. The van der Waals surface area contributed by atoms with Gasteiger partial charge >= 0.3 is 0 Å². The van der Waals surface area contributed by atoms with Crippen molar-refractivity contribution in [2.24, 2.45) is 5.92 Å². The molecule has 1 fully saturated rings. The van der Waals surface area contributed by atoms with Crippen molar-refractivity contribution in [3.8, 4) is 11.5 Å². The van der Waals surface area contributed by atoms with Crippen LogP contribution >= 0.6 is 11.6 Å². The molecule has 0 spiro atoms. The Balaban J connectivity index is 1.53. The number of hydrogen-bond acceptors (Lipinski definition) is 4. The van der Waals surface area contributed by atoms with Gasteiger partial charge in [-0.15, -0.1) is 0 Å². The summed E-state index contributed by atoms with van der Waals surface area (Å²) in [6.07, 6.45) is 1.54. The molecule has 1 heterocycles. The topological polar surface area (TPSA) is 42.0 Å². The molecule has 0 aliphatic carbocycles. The molecule has 0 radical (unpaired) electrons. The number of nitrogens with zero attached hydrogens (tertiary/aromatic N) is 2. The third-order valence-corrected chi connectivity index (χ3v) is 5.82. The van der Waals surface area contributed by atoms with Crippen molar-refractivity contribution in [3.05, 3.63) is 58.4 Å². The molecule has 1 amide bonds. The summed E-state index contributed by atoms with van der Waals surface area (Å²) in [6, 6.07) is 10.5. The van der Waals surface area contributed by atoms with E-state index >= 15 is 0 Å². The Hall–Kier alpha value is -2.31. The van der Waals surface area contributed by atoms with Crippen LogP contribution in [0.4, 0.5) is 4.39 Å². The van der Waals surface area contributed by atoms with E-state index in [1.807, 2.05) is 25.2 Å². The van der Waals surface area contributed by atoms with Crippen LogP contribution in [-0.2, 0) is 17.9 Å². The van der Waals surface area contributed by atoms with E-state index in [1.165, 1.54) is 6.07 Å². The van der Waals surface area contributed by atoms with Crippen molar-refractivity contribution in [1.29, 1.82) is 0 Å². The Labute approximate surface area is 182 Å². The Bertz CT molecular complexity index is 885. The number of benzene rings is 2. The van der Waals surface area contributed by atoms with Gasteiger partial charge in [0.1, 0.15) is 5.82 Å². The van der Waals surface area contributed by atoms with E-state index in [2.05, 4.69) is 4.90 Å². The minimum absolute atomic E-state index is 0.0125. The molecule has 0 aromatic heterocycles. The maximum atomic E-state index is 14.0. The van der Waals surface area contributed by atoms with Crippen LogP contribution in [0.1, 0.15) is 24.0 Å². The van der Waals surface area contributed by atoms with E-state index in [0.717, 1.165) is 31.5 Å². The SMILES string of the molecule is COc1ccc(CN(C)C(=O)C2CCN(Cc3ccc(Cl)cc3F)CC2)cc1OC. The first-order chi connectivity index (χ1) is 14.4. The largest absolute Gasteiger partial charge is 0.493 e. The van der Waals surface area contributed by atoms with E-state index in [-0.39, 0.29) is 17.6 Å². The number of rotatable bonds is 7. The lowest BCUT2D eigenvalue weighted by atomic mass is 9.95. The van der Waals surface area contributed by atoms with E-state index in [9.17, 15) is 9.18 Å². The molecule has 0 atom stereocenters. The first-order valence-electron chi connectivity index (χ1n) is 10.0. The number of piperidine rings is 1. The van der Waals surface area contributed by atoms with Gasteiger partial charge in [-0.05, 0) is 55.8 Å². The van der Waals surface area contributed by atoms with E-state index in [4.69, 9.17) is 21.1 Å². The molecule has 2 aromatic rings. The molecule has 1 saturated heterocycles. The number of hydrogen-bond donors (Lipinski definition) is 0. The number of halogens is 2. The lowest BCUT2D eigenvalue weighted by molar-refractivity contribution is -0.136. The molecule has 0 N–H and O–H groups in total. The number of ether oxygens (including phenoxy) is 2. The zero-order chi connectivity index (χ0) is 21.7. The zero-order valence-electron chi connectivity index (χ0n) is 17.7. The minimum atomic E-state index is -0.282.